The summed E-state index contributed by atoms with van der Waals surface area (Å²) in [6.45, 7) is 0.401. The number of ether oxygens (including phenoxy) is 3. The molecule has 0 radical (unpaired) electrons. The number of benzene rings is 2. The maximum absolute atomic E-state index is 12.9. The molecular formula is C20H20N2O5S. The molecule has 0 spiro atoms. The van der Waals surface area contributed by atoms with E-state index in [-0.39, 0.29) is 5.56 Å². The fraction of sp³-hybridized carbons (Fsp3) is 0.250. The molecule has 0 unspecified atom stereocenters. The van der Waals surface area contributed by atoms with Crippen LogP contribution in [-0.2, 0) is 17.7 Å². The second-order valence-electron chi connectivity index (χ2n) is 6.08. The molecule has 0 saturated carbocycles. The molecule has 1 N–H and O–H groups in total. The first-order chi connectivity index (χ1) is 13.5. The molecule has 1 aromatic heterocycles. The van der Waals surface area contributed by atoms with E-state index in [2.05, 4.69) is 4.98 Å². The first-order valence-electron chi connectivity index (χ1n) is 8.54. The first-order valence-corrected chi connectivity index (χ1v) is 8.95. The Morgan fingerprint density at radius 2 is 1.82 bits per heavy atom. The summed E-state index contributed by atoms with van der Waals surface area (Å²) in [5.41, 5.74) is 1.62. The van der Waals surface area contributed by atoms with E-state index in [9.17, 15) is 9.59 Å². The molecule has 8 heteroatoms. The fourth-order valence-corrected chi connectivity index (χ4v) is 3.26. The summed E-state index contributed by atoms with van der Waals surface area (Å²) >= 11 is 5.35. The van der Waals surface area contributed by atoms with Crippen LogP contribution in [0.15, 0.2) is 41.2 Å². The number of rotatable bonds is 6. The van der Waals surface area contributed by atoms with Crippen molar-refractivity contribution in [3.63, 3.8) is 0 Å². The highest BCUT2D eigenvalue weighted by molar-refractivity contribution is 7.71. The minimum atomic E-state index is -0.473. The minimum absolute atomic E-state index is 0.212. The van der Waals surface area contributed by atoms with Crippen molar-refractivity contribution in [2.24, 2.45) is 0 Å². The number of carbonyl (C=O) groups excluding carboxylic acids is 1. The van der Waals surface area contributed by atoms with Crippen LogP contribution in [0.3, 0.4) is 0 Å². The Hall–Kier alpha value is -3.13. The third-order valence-electron chi connectivity index (χ3n) is 4.48. The number of fused-ring (bicyclic) bond motifs is 1. The molecule has 0 aliphatic carbocycles. The maximum atomic E-state index is 12.9. The average molecular weight is 400 g/mol. The van der Waals surface area contributed by atoms with Gasteiger partial charge in [0.25, 0.3) is 5.56 Å². The van der Waals surface area contributed by atoms with Gasteiger partial charge in [0.2, 0.25) is 0 Å². The number of aryl methyl sites for hydroxylation is 1. The van der Waals surface area contributed by atoms with Gasteiger partial charge in [0.15, 0.2) is 16.3 Å². The SMILES string of the molecule is COC(=O)c1ccc2c(=O)n(CCc3ccc(OC)c(OC)c3)c(=S)[nH]c2c1. The summed E-state index contributed by atoms with van der Waals surface area (Å²) in [5.74, 6) is 0.804. The lowest BCUT2D eigenvalue weighted by Gasteiger charge is -2.11. The predicted molar refractivity (Wildman–Crippen MR) is 108 cm³/mol. The number of hydrogen-bond acceptors (Lipinski definition) is 6. The van der Waals surface area contributed by atoms with E-state index >= 15 is 0 Å². The monoisotopic (exact) mass is 400 g/mol. The molecule has 1 heterocycles. The van der Waals surface area contributed by atoms with E-state index in [1.807, 2.05) is 18.2 Å². The van der Waals surface area contributed by atoms with Crippen molar-refractivity contribution in [2.45, 2.75) is 13.0 Å². The molecule has 0 bridgehead atoms. The summed E-state index contributed by atoms with van der Waals surface area (Å²) in [4.78, 5) is 27.6. The van der Waals surface area contributed by atoms with Gasteiger partial charge in [-0.2, -0.15) is 0 Å². The molecular weight excluding hydrogens is 380 g/mol. The highest BCUT2D eigenvalue weighted by Gasteiger charge is 2.11. The summed E-state index contributed by atoms with van der Waals surface area (Å²) in [6.07, 6.45) is 0.587. The normalized spacial score (nSPS) is 10.7. The third-order valence-corrected chi connectivity index (χ3v) is 4.80. The van der Waals surface area contributed by atoms with E-state index in [4.69, 9.17) is 26.4 Å². The van der Waals surface area contributed by atoms with Crippen molar-refractivity contribution in [1.29, 1.82) is 0 Å². The first kappa shape index (κ1) is 19.6. The summed E-state index contributed by atoms with van der Waals surface area (Å²) in [5, 5.41) is 0.452. The van der Waals surface area contributed by atoms with Crippen molar-refractivity contribution < 1.29 is 19.0 Å². The second kappa shape index (κ2) is 8.26. The van der Waals surface area contributed by atoms with Gasteiger partial charge in [0, 0.05) is 6.54 Å². The highest BCUT2D eigenvalue weighted by Crippen LogP contribution is 2.27. The van der Waals surface area contributed by atoms with Gasteiger partial charge >= 0.3 is 5.97 Å². The number of hydrogen-bond donors (Lipinski definition) is 1. The molecule has 7 nitrogen and oxygen atoms in total. The van der Waals surface area contributed by atoms with Gasteiger partial charge in [-0.25, -0.2) is 4.79 Å². The van der Waals surface area contributed by atoms with Crippen molar-refractivity contribution >= 4 is 29.1 Å². The Bertz CT molecular complexity index is 1150. The van der Waals surface area contributed by atoms with Crippen molar-refractivity contribution in [1.82, 2.24) is 9.55 Å². The number of aromatic amines is 1. The molecule has 146 valence electrons. The second-order valence-corrected chi connectivity index (χ2v) is 6.46. The van der Waals surface area contributed by atoms with Crippen molar-refractivity contribution in [3.8, 4) is 11.5 Å². The van der Waals surface area contributed by atoms with Gasteiger partial charge in [0.1, 0.15) is 0 Å². The Morgan fingerprint density at radius 3 is 2.50 bits per heavy atom. The Balaban J connectivity index is 1.92. The number of nitrogens with one attached hydrogen (secondary N) is 1. The molecule has 2 aromatic carbocycles. The van der Waals surface area contributed by atoms with Gasteiger partial charge in [0.05, 0.1) is 37.8 Å². The van der Waals surface area contributed by atoms with Gasteiger partial charge in [-0.1, -0.05) is 6.07 Å². The van der Waals surface area contributed by atoms with Crippen LogP contribution >= 0.6 is 12.2 Å². The molecule has 0 aliphatic heterocycles. The number of aromatic nitrogens is 2. The van der Waals surface area contributed by atoms with E-state index in [1.165, 1.54) is 11.7 Å². The third kappa shape index (κ3) is 3.77. The number of methoxy groups -OCH3 is 3. The molecule has 0 aliphatic rings. The van der Waals surface area contributed by atoms with E-state index < -0.39 is 5.97 Å². The molecule has 0 fully saturated rings. The molecule has 0 atom stereocenters. The lowest BCUT2D eigenvalue weighted by molar-refractivity contribution is 0.0601. The van der Waals surface area contributed by atoms with Crippen LogP contribution in [0.25, 0.3) is 10.9 Å². The topological polar surface area (TPSA) is 82.6 Å². The minimum Gasteiger partial charge on any atom is -0.493 e. The molecule has 28 heavy (non-hydrogen) atoms. The summed E-state index contributed by atoms with van der Waals surface area (Å²) in [7, 11) is 4.46. The molecule has 0 amide bonds. The molecule has 3 rings (SSSR count). The Labute approximate surface area is 166 Å². The smallest absolute Gasteiger partial charge is 0.337 e. The van der Waals surface area contributed by atoms with Crippen LogP contribution in [-0.4, -0.2) is 36.8 Å². The van der Waals surface area contributed by atoms with Gasteiger partial charge in [-0.05, 0) is 54.5 Å². The Morgan fingerprint density at radius 1 is 1.07 bits per heavy atom. The maximum Gasteiger partial charge on any atom is 0.337 e. The summed E-state index contributed by atoms with van der Waals surface area (Å²) in [6, 6.07) is 10.3. The van der Waals surface area contributed by atoms with Gasteiger partial charge in [-0.3, -0.25) is 9.36 Å². The van der Waals surface area contributed by atoms with Crippen LogP contribution in [0, 0.1) is 4.77 Å². The highest BCUT2D eigenvalue weighted by atomic mass is 32.1. The zero-order chi connectivity index (χ0) is 20.3. The zero-order valence-electron chi connectivity index (χ0n) is 15.8. The number of esters is 1. The molecule has 3 aromatic rings. The molecule has 0 saturated heterocycles. The fourth-order valence-electron chi connectivity index (χ4n) is 2.98. The van der Waals surface area contributed by atoms with Gasteiger partial charge < -0.3 is 19.2 Å². The van der Waals surface area contributed by atoms with Crippen LogP contribution in [0.1, 0.15) is 15.9 Å². The Kier molecular flexibility index (Phi) is 5.79. The van der Waals surface area contributed by atoms with Crippen LogP contribution in [0.2, 0.25) is 0 Å². The lowest BCUT2D eigenvalue weighted by Crippen LogP contribution is -2.23. The van der Waals surface area contributed by atoms with Crippen molar-refractivity contribution in [2.75, 3.05) is 21.3 Å². The van der Waals surface area contributed by atoms with E-state index in [1.54, 1.807) is 32.4 Å². The van der Waals surface area contributed by atoms with E-state index in [0.717, 1.165) is 5.56 Å². The van der Waals surface area contributed by atoms with E-state index in [0.29, 0.717) is 45.7 Å². The number of H-pyrrole nitrogens is 1. The van der Waals surface area contributed by atoms with Crippen molar-refractivity contribution in [3.05, 3.63) is 62.6 Å². The lowest BCUT2D eigenvalue weighted by atomic mass is 10.1. The van der Waals surface area contributed by atoms with Crippen LogP contribution in [0.4, 0.5) is 0 Å². The number of carbonyl (C=O) groups is 1. The largest absolute Gasteiger partial charge is 0.493 e. The quantitative estimate of drug-likeness (QED) is 0.506. The predicted octanol–water partition coefficient (Wildman–Crippen LogP) is 3.11. The zero-order valence-corrected chi connectivity index (χ0v) is 16.6. The number of nitrogens with zero attached hydrogens (tertiary/aromatic N) is 1. The van der Waals surface area contributed by atoms with Gasteiger partial charge in [-0.15, -0.1) is 0 Å². The summed E-state index contributed by atoms with van der Waals surface area (Å²) < 4.78 is 17.1. The standard InChI is InChI=1S/C20H20N2O5S/c1-25-16-7-4-12(10-17(16)26-2)8-9-22-18(23)14-6-5-13(19(24)27-3)11-15(14)21-20(22)28/h4-7,10-11H,8-9H2,1-3H3,(H,21,28). The van der Waals surface area contributed by atoms with Crippen LogP contribution < -0.4 is 15.0 Å². The van der Waals surface area contributed by atoms with Crippen LogP contribution in [0.5, 0.6) is 11.5 Å². The average Bonchev–Trinajstić information content (AvgIpc) is 2.72.